The quantitative estimate of drug-likeness (QED) is 0.476. The Labute approximate surface area is 176 Å². The van der Waals surface area contributed by atoms with Crippen LogP contribution in [-0.4, -0.2) is 33.7 Å². The van der Waals surface area contributed by atoms with E-state index in [0.717, 1.165) is 22.4 Å². The number of amides is 1. The van der Waals surface area contributed by atoms with Crippen molar-refractivity contribution in [2.45, 2.75) is 20.3 Å². The molecule has 0 unspecified atom stereocenters. The molecule has 0 saturated heterocycles. The molecule has 1 amide bonds. The highest BCUT2D eigenvalue weighted by Gasteiger charge is 2.13. The predicted octanol–water partition coefficient (Wildman–Crippen LogP) is 2.84. The molecule has 9 heteroatoms. The number of pyridine rings is 1. The van der Waals surface area contributed by atoms with Gasteiger partial charge in [0, 0.05) is 36.2 Å². The van der Waals surface area contributed by atoms with Crippen LogP contribution in [0.3, 0.4) is 0 Å². The summed E-state index contributed by atoms with van der Waals surface area (Å²) in [5.74, 6) is 0.723. The highest BCUT2D eigenvalue weighted by Crippen LogP contribution is 2.31. The Morgan fingerprint density at radius 2 is 2.07 bits per heavy atom. The molecule has 30 heavy (non-hydrogen) atoms. The molecule has 4 aromatic rings. The van der Waals surface area contributed by atoms with Gasteiger partial charge in [0.15, 0.2) is 12.3 Å². The average Bonchev–Trinajstić information content (AvgIpc) is 3.15. The van der Waals surface area contributed by atoms with Crippen LogP contribution in [0.15, 0.2) is 45.7 Å². The zero-order valence-corrected chi connectivity index (χ0v) is 17.2. The Hall–Kier alpha value is -3.39. The van der Waals surface area contributed by atoms with E-state index in [1.54, 1.807) is 13.0 Å². The molecule has 1 aromatic carbocycles. The number of halogens is 1. The highest BCUT2D eigenvalue weighted by molar-refractivity contribution is 6.32. The molecule has 3 aromatic heterocycles. The van der Waals surface area contributed by atoms with E-state index in [1.165, 1.54) is 6.07 Å². The molecule has 0 bridgehead atoms. The third kappa shape index (κ3) is 3.86. The van der Waals surface area contributed by atoms with Gasteiger partial charge in [-0.15, -0.1) is 10.2 Å². The number of hydrogen-bond acceptors (Lipinski definition) is 6. The van der Waals surface area contributed by atoms with Crippen LogP contribution >= 0.6 is 11.6 Å². The van der Waals surface area contributed by atoms with Crippen LogP contribution in [0, 0.1) is 13.8 Å². The summed E-state index contributed by atoms with van der Waals surface area (Å²) in [5, 5.41) is 12.0. The highest BCUT2D eigenvalue weighted by atomic mass is 35.5. The number of ether oxygens (including phenoxy) is 1. The third-order valence-electron chi connectivity index (χ3n) is 4.92. The number of nitrogens with one attached hydrogen (secondary N) is 1. The second kappa shape index (κ2) is 8.16. The van der Waals surface area contributed by atoms with Crippen LogP contribution in [0.4, 0.5) is 0 Å². The van der Waals surface area contributed by atoms with E-state index < -0.39 is 5.63 Å². The molecular weight excluding hydrogens is 408 g/mol. The van der Waals surface area contributed by atoms with Crippen molar-refractivity contribution in [2.75, 3.05) is 13.2 Å². The first kappa shape index (κ1) is 19.9. The molecule has 1 N–H and O–H groups in total. The van der Waals surface area contributed by atoms with Crippen LogP contribution in [0.5, 0.6) is 5.75 Å². The van der Waals surface area contributed by atoms with Crippen LogP contribution < -0.4 is 15.7 Å². The molecule has 0 aliphatic rings. The monoisotopic (exact) mass is 426 g/mol. The molecule has 0 spiro atoms. The smallest absolute Gasteiger partial charge is 0.339 e. The third-order valence-corrected chi connectivity index (χ3v) is 5.22. The molecule has 0 atom stereocenters. The fourth-order valence-electron chi connectivity index (χ4n) is 3.12. The topological polar surface area (TPSA) is 98.7 Å². The normalized spacial score (nSPS) is 11.2. The molecular formula is C21H19ClN4O4. The van der Waals surface area contributed by atoms with Crippen LogP contribution in [-0.2, 0) is 11.2 Å². The van der Waals surface area contributed by atoms with Crippen molar-refractivity contribution in [3.8, 4) is 5.75 Å². The van der Waals surface area contributed by atoms with E-state index in [0.29, 0.717) is 29.1 Å². The molecule has 0 saturated carbocycles. The number of benzene rings is 1. The van der Waals surface area contributed by atoms with Crippen LogP contribution in [0.1, 0.15) is 17.0 Å². The maximum atomic E-state index is 12.1. The van der Waals surface area contributed by atoms with Crippen molar-refractivity contribution < 1.29 is 13.9 Å². The van der Waals surface area contributed by atoms with Crippen molar-refractivity contribution >= 4 is 34.1 Å². The Morgan fingerprint density at radius 3 is 2.90 bits per heavy atom. The van der Waals surface area contributed by atoms with Crippen molar-refractivity contribution in [2.24, 2.45) is 0 Å². The number of nitrogens with zero attached hydrogens (tertiary/aromatic N) is 3. The minimum absolute atomic E-state index is 0.221. The number of hydrogen-bond donors (Lipinski definition) is 1. The van der Waals surface area contributed by atoms with E-state index in [1.807, 2.05) is 35.7 Å². The summed E-state index contributed by atoms with van der Waals surface area (Å²) in [4.78, 5) is 24.0. The first-order valence-corrected chi connectivity index (χ1v) is 9.73. The molecule has 0 aliphatic heterocycles. The standard InChI is InChI=1S/C21H19ClN4O4/c1-12-13(2)21(28)30-16-10-17(15(22)9-14(12)16)29-11-20(27)23-7-6-19-25-24-18-5-3-4-8-26(18)19/h3-5,8-10H,6-7,11H2,1-2H3,(H,23,27). The van der Waals surface area contributed by atoms with Crippen LogP contribution in [0.25, 0.3) is 16.6 Å². The second-order valence-corrected chi connectivity index (χ2v) is 7.26. The zero-order chi connectivity index (χ0) is 21.3. The van der Waals surface area contributed by atoms with Crippen LogP contribution in [0.2, 0.25) is 5.02 Å². The summed E-state index contributed by atoms with van der Waals surface area (Å²) in [6.45, 7) is 3.70. The molecule has 0 fully saturated rings. The first-order chi connectivity index (χ1) is 14.4. The Bertz CT molecular complexity index is 1310. The van der Waals surface area contributed by atoms with Gasteiger partial charge in [-0.3, -0.25) is 9.20 Å². The Balaban J connectivity index is 1.37. The fraction of sp³-hybridized carbons (Fsp3) is 0.238. The van der Waals surface area contributed by atoms with Crippen molar-refractivity contribution in [1.29, 1.82) is 0 Å². The van der Waals surface area contributed by atoms with Gasteiger partial charge in [-0.1, -0.05) is 17.7 Å². The van der Waals surface area contributed by atoms with Gasteiger partial charge in [0.1, 0.15) is 17.2 Å². The van der Waals surface area contributed by atoms with Gasteiger partial charge in [-0.25, -0.2) is 4.79 Å². The van der Waals surface area contributed by atoms with E-state index in [2.05, 4.69) is 15.5 Å². The summed E-state index contributed by atoms with van der Waals surface area (Å²) in [5.41, 5.74) is 2.04. The van der Waals surface area contributed by atoms with Gasteiger partial charge < -0.3 is 14.5 Å². The SMILES string of the molecule is Cc1c(C)c2cc(Cl)c(OCC(=O)NCCc3nnc4ccccn34)cc2oc1=O. The number of rotatable bonds is 6. The lowest BCUT2D eigenvalue weighted by Gasteiger charge is -2.11. The van der Waals surface area contributed by atoms with E-state index in [9.17, 15) is 9.59 Å². The lowest BCUT2D eigenvalue weighted by Crippen LogP contribution is -2.30. The zero-order valence-electron chi connectivity index (χ0n) is 16.4. The fourth-order valence-corrected chi connectivity index (χ4v) is 3.34. The number of fused-ring (bicyclic) bond motifs is 2. The molecule has 8 nitrogen and oxygen atoms in total. The summed E-state index contributed by atoms with van der Waals surface area (Å²) >= 11 is 6.28. The van der Waals surface area contributed by atoms with Gasteiger partial charge >= 0.3 is 5.63 Å². The maximum Gasteiger partial charge on any atom is 0.339 e. The summed E-state index contributed by atoms with van der Waals surface area (Å²) in [6.07, 6.45) is 2.40. The minimum Gasteiger partial charge on any atom is -0.482 e. The van der Waals surface area contributed by atoms with Crippen molar-refractivity contribution in [3.05, 3.63) is 68.9 Å². The lowest BCUT2D eigenvalue weighted by molar-refractivity contribution is -0.123. The minimum atomic E-state index is -0.410. The van der Waals surface area contributed by atoms with Gasteiger partial charge in [-0.05, 0) is 37.6 Å². The number of aromatic nitrogens is 3. The van der Waals surface area contributed by atoms with Crippen molar-refractivity contribution in [1.82, 2.24) is 19.9 Å². The van der Waals surface area contributed by atoms with E-state index >= 15 is 0 Å². The number of aryl methyl sites for hydroxylation is 1. The second-order valence-electron chi connectivity index (χ2n) is 6.85. The molecule has 4 rings (SSSR count). The molecule has 3 heterocycles. The van der Waals surface area contributed by atoms with Gasteiger partial charge in [0.25, 0.3) is 5.91 Å². The van der Waals surface area contributed by atoms with Gasteiger partial charge in [0.05, 0.1) is 5.02 Å². The molecule has 0 radical (unpaired) electrons. The molecule has 154 valence electrons. The van der Waals surface area contributed by atoms with Gasteiger partial charge in [0.2, 0.25) is 0 Å². The first-order valence-electron chi connectivity index (χ1n) is 9.35. The summed E-state index contributed by atoms with van der Waals surface area (Å²) in [6, 6.07) is 8.84. The largest absolute Gasteiger partial charge is 0.482 e. The maximum absolute atomic E-state index is 12.1. The van der Waals surface area contributed by atoms with E-state index in [-0.39, 0.29) is 18.3 Å². The summed E-state index contributed by atoms with van der Waals surface area (Å²) in [7, 11) is 0. The average molecular weight is 427 g/mol. The van der Waals surface area contributed by atoms with E-state index in [4.69, 9.17) is 20.8 Å². The summed E-state index contributed by atoms with van der Waals surface area (Å²) < 4.78 is 12.7. The molecule has 0 aliphatic carbocycles. The lowest BCUT2D eigenvalue weighted by atomic mass is 10.1. The predicted molar refractivity (Wildman–Crippen MR) is 112 cm³/mol. The number of carbonyl (C=O) groups is 1. The van der Waals surface area contributed by atoms with Crippen molar-refractivity contribution in [3.63, 3.8) is 0 Å². The number of carbonyl (C=O) groups excluding carboxylic acids is 1. The Morgan fingerprint density at radius 1 is 1.23 bits per heavy atom. The van der Waals surface area contributed by atoms with Gasteiger partial charge in [-0.2, -0.15) is 0 Å². The Kier molecular flexibility index (Phi) is 5.41.